The summed E-state index contributed by atoms with van der Waals surface area (Å²) in [7, 11) is 0. The molecule has 0 saturated heterocycles. The van der Waals surface area contributed by atoms with Gasteiger partial charge in [-0.3, -0.25) is 0 Å². The number of rotatable bonds is 12. The molecule has 0 bridgehead atoms. The van der Waals surface area contributed by atoms with Gasteiger partial charge in [0.05, 0.1) is 12.3 Å². The first-order chi connectivity index (χ1) is 10.1. The number of nitrogens with zero attached hydrogens (tertiary/aromatic N) is 2. The molecule has 1 aromatic rings. The zero-order valence-electron chi connectivity index (χ0n) is 14.0. The van der Waals surface area contributed by atoms with E-state index < -0.39 is 0 Å². The molecule has 1 N–H and O–H groups in total. The molecular weight excluding hydrogens is 266 g/mol. The minimum absolute atomic E-state index is 0.697. The Morgan fingerprint density at radius 3 is 2.76 bits per heavy atom. The number of anilines is 1. The van der Waals surface area contributed by atoms with E-state index in [9.17, 15) is 0 Å². The van der Waals surface area contributed by atoms with Gasteiger partial charge in [-0.2, -0.15) is 0 Å². The van der Waals surface area contributed by atoms with Crippen molar-refractivity contribution in [2.75, 3.05) is 38.3 Å². The molecule has 0 unspecified atom stereocenters. The summed E-state index contributed by atoms with van der Waals surface area (Å²) in [5, 5.41) is 3.37. The molecule has 0 aliphatic heterocycles. The van der Waals surface area contributed by atoms with E-state index in [1.54, 1.807) is 0 Å². The number of aryl methyl sites for hydroxylation is 1. The highest BCUT2D eigenvalue weighted by Gasteiger charge is 2.05. The minimum Gasteiger partial charge on any atom is -0.382 e. The van der Waals surface area contributed by atoms with E-state index in [-0.39, 0.29) is 0 Å². The molecule has 0 fully saturated rings. The van der Waals surface area contributed by atoms with Crippen LogP contribution in [0.5, 0.6) is 0 Å². The number of nitrogens with one attached hydrogen (secondary N) is 1. The highest BCUT2D eigenvalue weighted by atomic mass is 16.5. The Balaban J connectivity index is 2.26. The van der Waals surface area contributed by atoms with Crippen LogP contribution in [0.15, 0.2) is 6.20 Å². The Morgan fingerprint density at radius 2 is 2.05 bits per heavy atom. The van der Waals surface area contributed by atoms with Crippen molar-refractivity contribution in [3.05, 3.63) is 11.9 Å². The molecule has 1 aromatic heterocycles. The summed E-state index contributed by atoms with van der Waals surface area (Å²) in [5.41, 5.74) is 1.03. The van der Waals surface area contributed by atoms with E-state index in [1.165, 1.54) is 0 Å². The largest absolute Gasteiger partial charge is 0.382 e. The van der Waals surface area contributed by atoms with Crippen LogP contribution < -0.4 is 5.32 Å². The predicted molar refractivity (Wildman–Crippen MR) is 86.8 cm³/mol. The van der Waals surface area contributed by atoms with E-state index in [2.05, 4.69) is 34.9 Å². The summed E-state index contributed by atoms with van der Waals surface area (Å²) in [6, 6.07) is 0. The second-order valence-electron chi connectivity index (χ2n) is 5.67. The first kappa shape index (κ1) is 18.0. The lowest BCUT2D eigenvalue weighted by Gasteiger charge is -2.11. The van der Waals surface area contributed by atoms with E-state index in [0.717, 1.165) is 64.0 Å². The zero-order valence-corrected chi connectivity index (χ0v) is 14.0. The van der Waals surface area contributed by atoms with Gasteiger partial charge in [-0.15, -0.1) is 0 Å². The van der Waals surface area contributed by atoms with Gasteiger partial charge in [0.15, 0.2) is 0 Å². The smallest absolute Gasteiger partial charge is 0.203 e. The van der Waals surface area contributed by atoms with Gasteiger partial charge in [0.2, 0.25) is 5.95 Å². The minimum atomic E-state index is 0.697. The fourth-order valence-corrected chi connectivity index (χ4v) is 1.96. The lowest BCUT2D eigenvalue weighted by Crippen LogP contribution is -2.13. The summed E-state index contributed by atoms with van der Waals surface area (Å²) in [4.78, 5) is 4.51. The van der Waals surface area contributed by atoms with Crippen LogP contribution in [0.25, 0.3) is 0 Å². The maximum Gasteiger partial charge on any atom is 0.203 e. The van der Waals surface area contributed by atoms with Gasteiger partial charge in [-0.25, -0.2) is 4.98 Å². The Labute approximate surface area is 129 Å². The quantitative estimate of drug-likeness (QED) is 0.602. The van der Waals surface area contributed by atoms with Crippen LogP contribution in [-0.2, 0) is 16.0 Å². The maximum absolute atomic E-state index is 5.67. The molecule has 0 aromatic carbocycles. The Bertz CT molecular complexity index is 378. The van der Waals surface area contributed by atoms with Crippen molar-refractivity contribution in [3.63, 3.8) is 0 Å². The summed E-state index contributed by atoms with van der Waals surface area (Å²) in [6.07, 6.45) is 4.17. The highest BCUT2D eigenvalue weighted by molar-refractivity contribution is 5.28. The lowest BCUT2D eigenvalue weighted by molar-refractivity contribution is 0.116. The van der Waals surface area contributed by atoms with Crippen LogP contribution >= 0.6 is 0 Å². The SMILES string of the molecule is CCOCCCNc1nc(C)cn1CCOCCC(C)C. The van der Waals surface area contributed by atoms with E-state index in [1.807, 2.05) is 13.8 Å². The molecular formula is C16H31N3O2. The summed E-state index contributed by atoms with van der Waals surface area (Å²) >= 11 is 0. The fraction of sp³-hybridized carbons (Fsp3) is 0.812. The Morgan fingerprint density at radius 1 is 1.24 bits per heavy atom. The average Bonchev–Trinajstić information content (AvgIpc) is 2.78. The van der Waals surface area contributed by atoms with Gasteiger partial charge in [-0.1, -0.05) is 13.8 Å². The first-order valence-corrected chi connectivity index (χ1v) is 8.06. The van der Waals surface area contributed by atoms with E-state index in [4.69, 9.17) is 9.47 Å². The summed E-state index contributed by atoms with van der Waals surface area (Å²) in [6.45, 7) is 13.3. The lowest BCUT2D eigenvalue weighted by atomic mass is 10.1. The van der Waals surface area contributed by atoms with Crippen LogP contribution in [0.2, 0.25) is 0 Å². The molecule has 0 aliphatic rings. The molecule has 1 heterocycles. The van der Waals surface area contributed by atoms with Crippen molar-refractivity contribution in [2.45, 2.75) is 47.1 Å². The summed E-state index contributed by atoms with van der Waals surface area (Å²) < 4.78 is 13.1. The zero-order chi connectivity index (χ0) is 15.5. The molecule has 0 atom stereocenters. The normalized spacial score (nSPS) is 11.3. The Kier molecular flexibility index (Phi) is 9.10. The van der Waals surface area contributed by atoms with Crippen LogP contribution in [0.1, 0.15) is 39.3 Å². The Hall–Kier alpha value is -1.07. The van der Waals surface area contributed by atoms with Gasteiger partial charge < -0.3 is 19.4 Å². The summed E-state index contributed by atoms with van der Waals surface area (Å²) in [5.74, 6) is 1.62. The standard InChI is InChI=1S/C16H31N3O2/c1-5-20-10-6-8-17-16-18-15(4)13-19(16)9-12-21-11-7-14(2)3/h13-14H,5-12H2,1-4H3,(H,17,18). The molecule has 1 rings (SSSR count). The van der Waals surface area contributed by atoms with Gasteiger partial charge in [-0.05, 0) is 32.6 Å². The average molecular weight is 297 g/mol. The molecule has 21 heavy (non-hydrogen) atoms. The molecule has 122 valence electrons. The van der Waals surface area contributed by atoms with Crippen molar-refractivity contribution in [3.8, 4) is 0 Å². The molecule has 5 nitrogen and oxygen atoms in total. The molecule has 5 heteroatoms. The number of aromatic nitrogens is 2. The van der Waals surface area contributed by atoms with Crippen LogP contribution in [-0.4, -0.2) is 42.5 Å². The van der Waals surface area contributed by atoms with E-state index in [0.29, 0.717) is 5.92 Å². The molecule has 0 saturated carbocycles. The number of hydrogen-bond acceptors (Lipinski definition) is 4. The van der Waals surface area contributed by atoms with Crippen molar-refractivity contribution in [1.29, 1.82) is 0 Å². The van der Waals surface area contributed by atoms with Crippen molar-refractivity contribution in [2.24, 2.45) is 5.92 Å². The van der Waals surface area contributed by atoms with E-state index >= 15 is 0 Å². The molecule has 0 aliphatic carbocycles. The monoisotopic (exact) mass is 297 g/mol. The second-order valence-corrected chi connectivity index (χ2v) is 5.67. The van der Waals surface area contributed by atoms with Crippen LogP contribution in [0, 0.1) is 12.8 Å². The van der Waals surface area contributed by atoms with Crippen molar-refractivity contribution >= 4 is 5.95 Å². The number of ether oxygens (including phenoxy) is 2. The second kappa shape index (κ2) is 10.6. The molecule has 0 amide bonds. The van der Waals surface area contributed by atoms with Gasteiger partial charge >= 0.3 is 0 Å². The van der Waals surface area contributed by atoms with Crippen LogP contribution in [0.4, 0.5) is 5.95 Å². The third-order valence-corrected chi connectivity index (χ3v) is 3.17. The van der Waals surface area contributed by atoms with Gasteiger partial charge in [0.1, 0.15) is 0 Å². The van der Waals surface area contributed by atoms with Crippen molar-refractivity contribution < 1.29 is 9.47 Å². The van der Waals surface area contributed by atoms with Crippen molar-refractivity contribution in [1.82, 2.24) is 9.55 Å². The fourth-order valence-electron chi connectivity index (χ4n) is 1.96. The maximum atomic E-state index is 5.67. The topological polar surface area (TPSA) is 48.3 Å². The van der Waals surface area contributed by atoms with Gasteiger partial charge in [0.25, 0.3) is 0 Å². The molecule has 0 spiro atoms. The van der Waals surface area contributed by atoms with Gasteiger partial charge in [0, 0.05) is 39.1 Å². The highest BCUT2D eigenvalue weighted by Crippen LogP contribution is 2.08. The third-order valence-electron chi connectivity index (χ3n) is 3.17. The number of hydrogen-bond donors (Lipinski definition) is 1. The first-order valence-electron chi connectivity index (χ1n) is 8.06. The van der Waals surface area contributed by atoms with Crippen LogP contribution in [0.3, 0.4) is 0 Å². The molecule has 0 radical (unpaired) electrons. The predicted octanol–water partition coefficient (Wildman–Crippen LogP) is 3.09. The number of imidazole rings is 1. The third kappa shape index (κ3) is 8.07.